The Balaban J connectivity index is 1.33. The molecule has 0 saturated carbocycles. The summed E-state index contributed by atoms with van der Waals surface area (Å²) >= 11 is 0. The number of allylic oxidation sites excluding steroid dienone is 6. The van der Waals surface area contributed by atoms with Crippen LogP contribution in [0.5, 0.6) is 0 Å². The topological polar surface area (TPSA) is 0 Å². The van der Waals surface area contributed by atoms with Gasteiger partial charge in [0.05, 0.1) is 0 Å². The summed E-state index contributed by atoms with van der Waals surface area (Å²) < 4.78 is 0. The van der Waals surface area contributed by atoms with Crippen LogP contribution in [0.1, 0.15) is 45.7 Å². The quantitative estimate of drug-likeness (QED) is 0.226. The minimum atomic E-state index is 0.251. The summed E-state index contributed by atoms with van der Waals surface area (Å²) in [5.74, 6) is 0.523. The average molecular weight is 511 g/mol. The molecule has 0 spiro atoms. The lowest BCUT2D eigenvalue weighted by atomic mass is 9.66. The van der Waals surface area contributed by atoms with Gasteiger partial charge in [0, 0.05) is 11.8 Å². The van der Waals surface area contributed by atoms with Crippen LogP contribution in [0.25, 0.3) is 33.5 Å². The van der Waals surface area contributed by atoms with Gasteiger partial charge in [0.15, 0.2) is 0 Å². The molecule has 190 valence electrons. The summed E-state index contributed by atoms with van der Waals surface area (Å²) in [6, 6.07) is 40.7. The Kier molecular flexibility index (Phi) is 5.52. The van der Waals surface area contributed by atoms with Crippen LogP contribution >= 0.6 is 0 Å². The number of benzene rings is 5. The van der Waals surface area contributed by atoms with E-state index in [2.05, 4.69) is 146 Å². The van der Waals surface area contributed by atoms with Crippen LogP contribution in [0.4, 0.5) is 0 Å². The lowest BCUT2D eigenvalue weighted by Gasteiger charge is -2.37. The van der Waals surface area contributed by atoms with E-state index < -0.39 is 0 Å². The molecule has 5 aromatic rings. The SMILES string of the molecule is C1=CC2=C(c3cccc4ccccc34)c3ccccc3C(c3cccc(-c4cccc5c4C=CCC5)c3)C2C=C1. The van der Waals surface area contributed by atoms with Crippen LogP contribution in [-0.2, 0) is 6.42 Å². The van der Waals surface area contributed by atoms with Gasteiger partial charge in [-0.05, 0) is 79.3 Å². The first kappa shape index (κ1) is 23.2. The van der Waals surface area contributed by atoms with Crippen LogP contribution in [0.3, 0.4) is 0 Å². The Morgan fingerprint density at radius 1 is 0.625 bits per heavy atom. The summed E-state index contributed by atoms with van der Waals surface area (Å²) in [5, 5.41) is 2.60. The predicted molar refractivity (Wildman–Crippen MR) is 169 cm³/mol. The maximum absolute atomic E-state index is 2.45. The molecule has 8 rings (SSSR count). The zero-order chi connectivity index (χ0) is 26.5. The normalized spacial score (nSPS) is 18.9. The van der Waals surface area contributed by atoms with Crippen molar-refractivity contribution in [3.63, 3.8) is 0 Å². The standard InChI is InChI=1S/C40H30/c1-3-18-31-27(12-1)14-10-24-33(31)29-16-9-17-30(26-29)39-35-20-5-7-22-37(35)40(38-23-8-6-21-36(38)39)34-25-11-15-28-13-2-4-19-32(28)34/h2-11,13-26,35,39H,1,12H2. The summed E-state index contributed by atoms with van der Waals surface area (Å²) in [7, 11) is 0. The van der Waals surface area contributed by atoms with E-state index >= 15 is 0 Å². The van der Waals surface area contributed by atoms with E-state index in [9.17, 15) is 0 Å². The summed E-state index contributed by atoms with van der Waals surface area (Å²) in [5.41, 5.74) is 13.7. The highest BCUT2D eigenvalue weighted by molar-refractivity contribution is 6.01. The fraction of sp³-hybridized carbons (Fsp3) is 0.100. The van der Waals surface area contributed by atoms with Gasteiger partial charge in [-0.1, -0.05) is 146 Å². The van der Waals surface area contributed by atoms with E-state index in [-0.39, 0.29) is 11.8 Å². The maximum Gasteiger partial charge on any atom is 0.0199 e. The third-order valence-corrected chi connectivity index (χ3v) is 8.95. The van der Waals surface area contributed by atoms with Crippen molar-refractivity contribution in [2.24, 2.45) is 5.92 Å². The summed E-state index contributed by atoms with van der Waals surface area (Å²) in [6.07, 6.45) is 16.1. The minimum Gasteiger partial charge on any atom is -0.0836 e. The van der Waals surface area contributed by atoms with Crippen molar-refractivity contribution in [3.8, 4) is 11.1 Å². The van der Waals surface area contributed by atoms with Crippen LogP contribution in [0.15, 0.2) is 145 Å². The first-order valence-electron chi connectivity index (χ1n) is 14.4. The zero-order valence-corrected chi connectivity index (χ0v) is 22.4. The Labute approximate surface area is 236 Å². The van der Waals surface area contributed by atoms with Crippen molar-refractivity contribution >= 4 is 22.4 Å². The Hall–Kier alpha value is -4.68. The van der Waals surface area contributed by atoms with Gasteiger partial charge in [0.2, 0.25) is 0 Å². The van der Waals surface area contributed by atoms with Gasteiger partial charge >= 0.3 is 0 Å². The van der Waals surface area contributed by atoms with Crippen molar-refractivity contribution in [1.29, 1.82) is 0 Å². The highest BCUT2D eigenvalue weighted by Crippen LogP contribution is 2.51. The second-order valence-corrected chi connectivity index (χ2v) is 11.1. The molecule has 0 saturated heterocycles. The van der Waals surface area contributed by atoms with Crippen molar-refractivity contribution in [1.82, 2.24) is 0 Å². The number of hydrogen-bond acceptors (Lipinski definition) is 0. The predicted octanol–water partition coefficient (Wildman–Crippen LogP) is 10.2. The molecule has 2 atom stereocenters. The Bertz CT molecular complexity index is 1900. The van der Waals surface area contributed by atoms with Crippen LogP contribution in [0.2, 0.25) is 0 Å². The molecule has 0 heterocycles. The monoisotopic (exact) mass is 510 g/mol. The molecule has 0 bridgehead atoms. The van der Waals surface area contributed by atoms with Gasteiger partial charge in [0.25, 0.3) is 0 Å². The molecular weight excluding hydrogens is 480 g/mol. The third-order valence-electron chi connectivity index (χ3n) is 8.95. The largest absolute Gasteiger partial charge is 0.0836 e. The number of fused-ring (bicyclic) bond motifs is 4. The maximum atomic E-state index is 2.45. The van der Waals surface area contributed by atoms with Gasteiger partial charge in [-0.15, -0.1) is 0 Å². The van der Waals surface area contributed by atoms with Crippen LogP contribution in [-0.4, -0.2) is 0 Å². The third kappa shape index (κ3) is 3.67. The van der Waals surface area contributed by atoms with Gasteiger partial charge in [-0.3, -0.25) is 0 Å². The van der Waals surface area contributed by atoms with E-state index in [0.29, 0.717) is 0 Å². The minimum absolute atomic E-state index is 0.251. The van der Waals surface area contributed by atoms with Gasteiger partial charge in [-0.25, -0.2) is 0 Å². The van der Waals surface area contributed by atoms with Gasteiger partial charge in [0.1, 0.15) is 0 Å². The second-order valence-electron chi connectivity index (χ2n) is 11.1. The molecule has 0 aliphatic heterocycles. The number of rotatable bonds is 3. The average Bonchev–Trinajstić information content (AvgIpc) is 3.03. The fourth-order valence-electron chi connectivity index (χ4n) is 7.19. The van der Waals surface area contributed by atoms with Crippen molar-refractivity contribution in [2.45, 2.75) is 18.8 Å². The molecule has 0 heteroatoms. The Morgan fingerprint density at radius 3 is 2.42 bits per heavy atom. The molecule has 3 aliphatic carbocycles. The molecular formula is C40H30. The zero-order valence-electron chi connectivity index (χ0n) is 22.4. The lowest BCUT2D eigenvalue weighted by molar-refractivity contribution is 0.649. The molecule has 0 nitrogen and oxygen atoms in total. The molecule has 3 aliphatic rings. The highest BCUT2D eigenvalue weighted by Gasteiger charge is 2.35. The van der Waals surface area contributed by atoms with E-state index in [1.165, 1.54) is 66.4 Å². The molecule has 5 aromatic carbocycles. The van der Waals surface area contributed by atoms with E-state index in [1.807, 2.05) is 0 Å². The van der Waals surface area contributed by atoms with Crippen LogP contribution < -0.4 is 0 Å². The van der Waals surface area contributed by atoms with E-state index in [4.69, 9.17) is 0 Å². The summed E-state index contributed by atoms with van der Waals surface area (Å²) in [4.78, 5) is 0. The number of aryl methyl sites for hydroxylation is 1. The van der Waals surface area contributed by atoms with Gasteiger partial charge < -0.3 is 0 Å². The van der Waals surface area contributed by atoms with Crippen molar-refractivity contribution < 1.29 is 0 Å². The first-order valence-corrected chi connectivity index (χ1v) is 14.4. The van der Waals surface area contributed by atoms with E-state index in [1.54, 1.807) is 0 Å². The molecule has 0 aromatic heterocycles. The second kappa shape index (κ2) is 9.50. The smallest absolute Gasteiger partial charge is 0.0199 e. The summed E-state index contributed by atoms with van der Waals surface area (Å²) in [6.45, 7) is 0. The first-order chi connectivity index (χ1) is 19.9. The molecule has 0 radical (unpaired) electrons. The van der Waals surface area contributed by atoms with Crippen molar-refractivity contribution in [2.75, 3.05) is 0 Å². The van der Waals surface area contributed by atoms with E-state index in [0.717, 1.165) is 12.8 Å². The van der Waals surface area contributed by atoms with Crippen molar-refractivity contribution in [3.05, 3.63) is 179 Å². The van der Waals surface area contributed by atoms with Gasteiger partial charge in [-0.2, -0.15) is 0 Å². The molecule has 0 N–H and O–H groups in total. The lowest BCUT2D eigenvalue weighted by Crippen LogP contribution is -2.23. The molecule has 2 unspecified atom stereocenters. The van der Waals surface area contributed by atoms with Crippen LogP contribution in [0, 0.1) is 5.92 Å². The highest BCUT2D eigenvalue weighted by atomic mass is 14.4. The molecule has 0 amide bonds. The Morgan fingerprint density at radius 2 is 1.43 bits per heavy atom. The molecule has 40 heavy (non-hydrogen) atoms. The molecule has 0 fully saturated rings. The fourth-order valence-corrected chi connectivity index (χ4v) is 7.19. The number of hydrogen-bond donors (Lipinski definition) is 0.